The van der Waals surface area contributed by atoms with Crippen molar-refractivity contribution in [1.82, 2.24) is 5.43 Å². The maximum Gasteiger partial charge on any atom is 0.280 e. The fourth-order valence-electron chi connectivity index (χ4n) is 2.40. The molecule has 1 atom stereocenters. The quantitative estimate of drug-likeness (QED) is 0.358. The summed E-state index contributed by atoms with van der Waals surface area (Å²) in [6, 6.07) is 14.6. The zero-order chi connectivity index (χ0) is 20.2. The third-order valence-corrected chi connectivity index (χ3v) is 4.00. The second kappa shape index (κ2) is 11.6. The van der Waals surface area contributed by atoms with Crippen molar-refractivity contribution < 1.29 is 19.0 Å². The first kappa shape index (κ1) is 21.3. The molecular weight excluding hydrogens is 356 g/mol. The number of benzene rings is 2. The summed E-state index contributed by atoms with van der Waals surface area (Å²) in [4.78, 5) is 12.1. The molecule has 2 aromatic carbocycles. The number of nitrogens with zero attached hydrogens (tertiary/aromatic N) is 1. The maximum absolute atomic E-state index is 12.1. The number of carbonyl (C=O) groups is 1. The van der Waals surface area contributed by atoms with E-state index in [4.69, 9.17) is 14.2 Å². The summed E-state index contributed by atoms with van der Waals surface area (Å²) in [5, 5.41) is 3.96. The summed E-state index contributed by atoms with van der Waals surface area (Å²) in [7, 11) is 1.60. The molecule has 1 unspecified atom stereocenters. The van der Waals surface area contributed by atoms with Crippen LogP contribution >= 0.6 is 0 Å². The van der Waals surface area contributed by atoms with Gasteiger partial charge in [0.15, 0.2) is 6.10 Å². The lowest BCUT2D eigenvalue weighted by Crippen LogP contribution is -2.33. The number of hydrogen-bond donors (Lipinski definition) is 1. The number of amides is 1. The first-order valence-electron chi connectivity index (χ1n) is 9.49. The summed E-state index contributed by atoms with van der Waals surface area (Å²) in [5.74, 6) is 1.78. The lowest BCUT2D eigenvalue weighted by Gasteiger charge is -2.13. The van der Waals surface area contributed by atoms with Crippen molar-refractivity contribution >= 4 is 12.1 Å². The smallest absolute Gasteiger partial charge is 0.280 e. The molecule has 0 saturated heterocycles. The van der Waals surface area contributed by atoms with E-state index in [2.05, 4.69) is 17.5 Å². The van der Waals surface area contributed by atoms with Gasteiger partial charge >= 0.3 is 0 Å². The first-order valence-corrected chi connectivity index (χ1v) is 9.49. The molecule has 2 aromatic rings. The number of unbranched alkanes of at least 4 members (excludes halogenated alkanes) is 2. The molecule has 6 nitrogen and oxygen atoms in total. The molecule has 0 fully saturated rings. The van der Waals surface area contributed by atoms with Crippen molar-refractivity contribution in [1.29, 1.82) is 0 Å². The molecule has 0 aliphatic rings. The van der Waals surface area contributed by atoms with E-state index in [1.165, 1.54) is 6.42 Å². The average Bonchev–Trinajstić information content (AvgIpc) is 2.72. The van der Waals surface area contributed by atoms with Crippen LogP contribution in [0.1, 0.15) is 38.7 Å². The molecule has 0 aromatic heterocycles. The highest BCUT2D eigenvalue weighted by molar-refractivity contribution is 5.84. The highest BCUT2D eigenvalue weighted by atomic mass is 16.5. The van der Waals surface area contributed by atoms with Gasteiger partial charge in [0.1, 0.15) is 17.2 Å². The van der Waals surface area contributed by atoms with Crippen LogP contribution in [0.5, 0.6) is 17.2 Å². The van der Waals surface area contributed by atoms with Gasteiger partial charge in [0.05, 0.1) is 19.9 Å². The molecule has 2 rings (SSSR count). The molecular formula is C22H28N2O4. The van der Waals surface area contributed by atoms with Gasteiger partial charge in [-0.15, -0.1) is 0 Å². The predicted octanol–water partition coefficient (Wildman–Crippen LogP) is 4.18. The van der Waals surface area contributed by atoms with Gasteiger partial charge in [-0.1, -0.05) is 31.9 Å². The normalized spacial score (nSPS) is 11.8. The summed E-state index contributed by atoms with van der Waals surface area (Å²) in [5.41, 5.74) is 3.30. The Morgan fingerprint density at radius 3 is 2.57 bits per heavy atom. The van der Waals surface area contributed by atoms with Crippen LogP contribution in [0.2, 0.25) is 0 Å². The topological polar surface area (TPSA) is 69.2 Å². The van der Waals surface area contributed by atoms with Crippen LogP contribution in [-0.2, 0) is 4.79 Å². The minimum atomic E-state index is -0.682. The Balaban J connectivity index is 1.78. The number of hydrazone groups is 1. The summed E-state index contributed by atoms with van der Waals surface area (Å²) in [6.45, 7) is 4.54. The van der Waals surface area contributed by atoms with Crippen LogP contribution in [0, 0.1) is 0 Å². The Hall–Kier alpha value is -3.02. The van der Waals surface area contributed by atoms with Crippen LogP contribution < -0.4 is 19.6 Å². The molecule has 0 spiro atoms. The van der Waals surface area contributed by atoms with Crippen molar-refractivity contribution in [3.63, 3.8) is 0 Å². The predicted molar refractivity (Wildman–Crippen MR) is 110 cm³/mol. The minimum absolute atomic E-state index is 0.334. The standard InChI is InChI=1S/C22H28N2O4/c1-4-5-6-14-27-19-10-12-20(13-11-19)28-17(2)22(25)24-23-16-18-8-7-9-21(15-18)26-3/h7-13,15-17H,4-6,14H2,1-3H3,(H,24,25)/b23-16+. The lowest BCUT2D eigenvalue weighted by molar-refractivity contribution is -0.127. The Labute approximate surface area is 166 Å². The molecule has 0 bridgehead atoms. The molecule has 0 aliphatic carbocycles. The van der Waals surface area contributed by atoms with Gasteiger partial charge in [-0.3, -0.25) is 4.79 Å². The molecule has 0 radical (unpaired) electrons. The number of carbonyl (C=O) groups excluding carboxylic acids is 1. The number of ether oxygens (including phenoxy) is 3. The molecule has 0 heterocycles. The Morgan fingerprint density at radius 2 is 1.86 bits per heavy atom. The summed E-state index contributed by atoms with van der Waals surface area (Å²) in [6.07, 6.45) is 4.24. The van der Waals surface area contributed by atoms with Crippen LogP contribution in [-0.4, -0.2) is 31.9 Å². The zero-order valence-corrected chi connectivity index (χ0v) is 16.7. The van der Waals surface area contributed by atoms with Gasteiger partial charge in [0.2, 0.25) is 0 Å². The van der Waals surface area contributed by atoms with Gasteiger partial charge in [0, 0.05) is 0 Å². The SMILES string of the molecule is CCCCCOc1ccc(OC(C)C(=O)N/N=C/c2cccc(OC)c2)cc1. The van der Waals surface area contributed by atoms with E-state index in [0.29, 0.717) is 12.4 Å². The number of methoxy groups -OCH3 is 1. The van der Waals surface area contributed by atoms with Gasteiger partial charge in [0.25, 0.3) is 5.91 Å². The molecule has 150 valence electrons. The van der Waals surface area contributed by atoms with E-state index in [9.17, 15) is 4.79 Å². The first-order chi connectivity index (χ1) is 13.6. The second-order valence-electron chi connectivity index (χ2n) is 6.30. The van der Waals surface area contributed by atoms with E-state index in [1.807, 2.05) is 36.4 Å². The molecule has 0 saturated carbocycles. The summed E-state index contributed by atoms with van der Waals surface area (Å²) >= 11 is 0. The van der Waals surface area contributed by atoms with Gasteiger partial charge in [-0.25, -0.2) is 5.43 Å². The van der Waals surface area contributed by atoms with Crippen LogP contribution in [0.15, 0.2) is 53.6 Å². The Bertz CT molecular complexity index is 759. The fraction of sp³-hybridized carbons (Fsp3) is 0.364. The van der Waals surface area contributed by atoms with E-state index in [1.54, 1.807) is 32.4 Å². The molecule has 0 aliphatic heterocycles. The van der Waals surface area contributed by atoms with Crippen LogP contribution in [0.3, 0.4) is 0 Å². The average molecular weight is 384 g/mol. The molecule has 1 N–H and O–H groups in total. The van der Waals surface area contributed by atoms with E-state index >= 15 is 0 Å². The number of rotatable bonds is 11. The third-order valence-electron chi connectivity index (χ3n) is 4.00. The van der Waals surface area contributed by atoms with Crippen LogP contribution in [0.25, 0.3) is 0 Å². The van der Waals surface area contributed by atoms with Gasteiger partial charge in [-0.2, -0.15) is 5.10 Å². The second-order valence-corrected chi connectivity index (χ2v) is 6.30. The van der Waals surface area contributed by atoms with Crippen LogP contribution in [0.4, 0.5) is 0 Å². The van der Waals surface area contributed by atoms with Crippen molar-refractivity contribution in [2.45, 2.75) is 39.2 Å². The number of hydrogen-bond acceptors (Lipinski definition) is 5. The van der Waals surface area contributed by atoms with Crippen molar-refractivity contribution in [3.8, 4) is 17.2 Å². The van der Waals surface area contributed by atoms with E-state index < -0.39 is 6.10 Å². The highest BCUT2D eigenvalue weighted by Gasteiger charge is 2.13. The van der Waals surface area contributed by atoms with E-state index in [0.717, 1.165) is 29.9 Å². The lowest BCUT2D eigenvalue weighted by atomic mass is 10.2. The largest absolute Gasteiger partial charge is 0.497 e. The minimum Gasteiger partial charge on any atom is -0.497 e. The fourth-order valence-corrected chi connectivity index (χ4v) is 2.40. The zero-order valence-electron chi connectivity index (χ0n) is 16.7. The number of nitrogens with one attached hydrogen (secondary N) is 1. The Morgan fingerprint density at radius 1 is 1.11 bits per heavy atom. The molecule has 6 heteroatoms. The van der Waals surface area contributed by atoms with E-state index in [-0.39, 0.29) is 5.91 Å². The maximum atomic E-state index is 12.1. The van der Waals surface area contributed by atoms with Crippen molar-refractivity contribution in [2.75, 3.05) is 13.7 Å². The summed E-state index contributed by atoms with van der Waals surface area (Å²) < 4.78 is 16.5. The monoisotopic (exact) mass is 384 g/mol. The molecule has 1 amide bonds. The Kier molecular flexibility index (Phi) is 8.85. The highest BCUT2D eigenvalue weighted by Crippen LogP contribution is 2.19. The van der Waals surface area contributed by atoms with Crippen molar-refractivity contribution in [2.24, 2.45) is 5.10 Å². The third kappa shape index (κ3) is 7.31. The van der Waals surface area contributed by atoms with Crippen molar-refractivity contribution in [3.05, 3.63) is 54.1 Å². The van der Waals surface area contributed by atoms with Gasteiger partial charge in [-0.05, 0) is 55.3 Å². The molecule has 28 heavy (non-hydrogen) atoms. The van der Waals surface area contributed by atoms with Gasteiger partial charge < -0.3 is 14.2 Å².